The van der Waals surface area contributed by atoms with Crippen molar-refractivity contribution in [3.05, 3.63) is 124 Å². The molecule has 5 rings (SSSR count). The van der Waals surface area contributed by atoms with E-state index in [2.05, 4.69) is 5.32 Å². The molecule has 204 valence electrons. The third-order valence-corrected chi connectivity index (χ3v) is 7.59. The van der Waals surface area contributed by atoms with Crippen LogP contribution >= 0.6 is 11.6 Å². The number of benzene rings is 4. The number of methoxy groups -OCH3 is 2. The number of hydrogen-bond donors (Lipinski definition) is 1. The van der Waals surface area contributed by atoms with Crippen LogP contribution in [0.4, 0.5) is 10.1 Å². The maximum absolute atomic E-state index is 14.2. The zero-order valence-corrected chi connectivity index (χ0v) is 23.0. The first-order valence-corrected chi connectivity index (χ1v) is 13.1. The highest BCUT2D eigenvalue weighted by atomic mass is 35.5. The van der Waals surface area contributed by atoms with Crippen molar-refractivity contribution in [2.45, 2.75) is 25.4 Å². The number of nitrogens with zero attached hydrogens (tertiary/aromatic N) is 1. The minimum atomic E-state index is -0.775. The normalized spacial score (nSPS) is 16.3. The van der Waals surface area contributed by atoms with Crippen LogP contribution in [0.2, 0.25) is 5.02 Å². The number of hydrogen-bond acceptors (Lipinski definition) is 4. The predicted octanol–water partition coefficient (Wildman–Crippen LogP) is 6.92. The van der Waals surface area contributed by atoms with Crippen LogP contribution in [-0.2, 0) is 11.3 Å². The van der Waals surface area contributed by atoms with Gasteiger partial charge in [-0.15, -0.1) is 0 Å². The molecule has 4 aromatic carbocycles. The number of carbonyl (C=O) groups is 2. The van der Waals surface area contributed by atoms with E-state index in [1.54, 1.807) is 60.5 Å². The molecule has 1 N–H and O–H groups in total. The Labute approximate surface area is 237 Å². The molecule has 0 aromatic heterocycles. The van der Waals surface area contributed by atoms with Gasteiger partial charge in [0.25, 0.3) is 5.91 Å². The molecular weight excluding hydrogens is 531 g/mol. The molecule has 2 amide bonds. The molecule has 8 heteroatoms. The van der Waals surface area contributed by atoms with Crippen LogP contribution in [0.1, 0.15) is 44.6 Å². The summed E-state index contributed by atoms with van der Waals surface area (Å²) in [5.74, 6) is -0.597. The van der Waals surface area contributed by atoms with Crippen LogP contribution in [0.5, 0.6) is 11.5 Å². The van der Waals surface area contributed by atoms with E-state index in [-0.39, 0.29) is 24.2 Å². The van der Waals surface area contributed by atoms with Gasteiger partial charge in [0.2, 0.25) is 5.91 Å². The van der Waals surface area contributed by atoms with Crippen molar-refractivity contribution in [3.8, 4) is 11.5 Å². The SMILES string of the molecule is COc1ccc([C@H]2[C@H](C(=O)Nc3cc(C)c(Cl)cc3OC)c3ccccc3C(=O)N2Cc2ccc(F)cc2)cc1. The lowest BCUT2D eigenvalue weighted by Crippen LogP contribution is -2.45. The molecule has 4 aromatic rings. The molecule has 0 saturated carbocycles. The Balaban J connectivity index is 1.64. The van der Waals surface area contributed by atoms with E-state index in [4.69, 9.17) is 21.1 Å². The zero-order valence-electron chi connectivity index (χ0n) is 22.3. The lowest BCUT2D eigenvalue weighted by Gasteiger charge is -2.42. The Morgan fingerprint density at radius 3 is 2.35 bits per heavy atom. The Morgan fingerprint density at radius 2 is 1.68 bits per heavy atom. The first-order valence-electron chi connectivity index (χ1n) is 12.7. The van der Waals surface area contributed by atoms with Crippen molar-refractivity contribution in [2.75, 3.05) is 19.5 Å². The van der Waals surface area contributed by atoms with Crippen LogP contribution in [0, 0.1) is 12.7 Å². The third-order valence-electron chi connectivity index (χ3n) is 7.18. The highest BCUT2D eigenvalue weighted by molar-refractivity contribution is 6.31. The minimum absolute atomic E-state index is 0.178. The molecule has 0 bridgehead atoms. The van der Waals surface area contributed by atoms with E-state index in [1.807, 2.05) is 31.2 Å². The number of ether oxygens (including phenoxy) is 2. The number of aryl methyl sites for hydroxylation is 1. The summed E-state index contributed by atoms with van der Waals surface area (Å²) in [4.78, 5) is 29.9. The van der Waals surface area contributed by atoms with Crippen LogP contribution in [0.15, 0.2) is 84.9 Å². The summed E-state index contributed by atoms with van der Waals surface area (Å²) >= 11 is 6.30. The summed E-state index contributed by atoms with van der Waals surface area (Å²) in [6, 6.07) is 23.2. The van der Waals surface area contributed by atoms with E-state index in [9.17, 15) is 14.0 Å². The lowest BCUT2D eigenvalue weighted by atomic mass is 9.79. The summed E-state index contributed by atoms with van der Waals surface area (Å²) in [6.07, 6.45) is 0. The first kappa shape index (κ1) is 27.2. The van der Waals surface area contributed by atoms with Crippen molar-refractivity contribution in [1.82, 2.24) is 4.90 Å². The fraction of sp³-hybridized carbons (Fsp3) is 0.188. The largest absolute Gasteiger partial charge is 0.497 e. The predicted molar refractivity (Wildman–Crippen MR) is 153 cm³/mol. The van der Waals surface area contributed by atoms with Crippen molar-refractivity contribution in [2.24, 2.45) is 0 Å². The number of halogens is 2. The molecule has 1 aliphatic heterocycles. The highest BCUT2D eigenvalue weighted by Gasteiger charge is 2.44. The number of carbonyl (C=O) groups excluding carboxylic acids is 2. The Bertz CT molecular complexity index is 1560. The zero-order chi connectivity index (χ0) is 28.4. The quantitative estimate of drug-likeness (QED) is 0.267. The summed E-state index contributed by atoms with van der Waals surface area (Å²) in [7, 11) is 3.09. The van der Waals surface area contributed by atoms with Gasteiger partial charge in [-0.2, -0.15) is 0 Å². The second-order valence-corrected chi connectivity index (χ2v) is 10.0. The van der Waals surface area contributed by atoms with Gasteiger partial charge in [0, 0.05) is 23.2 Å². The van der Waals surface area contributed by atoms with Crippen molar-refractivity contribution in [1.29, 1.82) is 0 Å². The average Bonchev–Trinajstić information content (AvgIpc) is 2.97. The molecule has 6 nitrogen and oxygen atoms in total. The molecule has 2 atom stereocenters. The monoisotopic (exact) mass is 558 g/mol. The smallest absolute Gasteiger partial charge is 0.255 e. The number of fused-ring (bicyclic) bond motifs is 1. The standard InChI is InChI=1S/C32H28ClFN2O4/c1-19-16-27(28(40-3)17-26(19)33)35-31(37)29-24-6-4-5-7-25(24)32(38)36(18-20-8-12-22(34)13-9-20)30(29)21-10-14-23(39-2)15-11-21/h4-17,29-30H,18H2,1-3H3,(H,35,37)/t29-,30+/m1/s1. The molecule has 0 aliphatic carbocycles. The van der Waals surface area contributed by atoms with Crippen molar-refractivity contribution < 1.29 is 23.5 Å². The number of anilines is 1. The van der Waals surface area contributed by atoms with Crippen LogP contribution < -0.4 is 14.8 Å². The van der Waals surface area contributed by atoms with E-state index in [1.165, 1.54) is 19.2 Å². The molecule has 0 spiro atoms. The van der Waals surface area contributed by atoms with Gasteiger partial charge in [0.1, 0.15) is 17.3 Å². The highest BCUT2D eigenvalue weighted by Crippen LogP contribution is 2.45. The molecule has 0 saturated heterocycles. The van der Waals surface area contributed by atoms with Crippen molar-refractivity contribution >= 4 is 29.1 Å². The molecule has 40 heavy (non-hydrogen) atoms. The Hall–Kier alpha value is -4.36. The maximum atomic E-state index is 14.2. The summed E-state index contributed by atoms with van der Waals surface area (Å²) in [5.41, 5.74) is 3.80. The van der Waals surface area contributed by atoms with Crippen LogP contribution in [0.25, 0.3) is 0 Å². The molecular formula is C32H28ClFN2O4. The van der Waals surface area contributed by atoms with Crippen LogP contribution in [0.3, 0.4) is 0 Å². The molecule has 1 aliphatic rings. The summed E-state index contributed by atoms with van der Waals surface area (Å²) in [6.45, 7) is 2.02. The van der Waals surface area contributed by atoms with Gasteiger partial charge in [-0.3, -0.25) is 9.59 Å². The van der Waals surface area contributed by atoms with Crippen LogP contribution in [-0.4, -0.2) is 30.9 Å². The van der Waals surface area contributed by atoms with E-state index in [0.29, 0.717) is 33.3 Å². The van der Waals surface area contributed by atoms with E-state index >= 15 is 0 Å². The summed E-state index contributed by atoms with van der Waals surface area (Å²) in [5, 5.41) is 3.55. The summed E-state index contributed by atoms with van der Waals surface area (Å²) < 4.78 is 24.5. The van der Waals surface area contributed by atoms with Crippen molar-refractivity contribution in [3.63, 3.8) is 0 Å². The molecule has 0 radical (unpaired) electrons. The van der Waals surface area contributed by atoms with E-state index < -0.39 is 12.0 Å². The maximum Gasteiger partial charge on any atom is 0.255 e. The number of rotatable bonds is 7. The fourth-order valence-electron chi connectivity index (χ4n) is 5.15. The van der Waals surface area contributed by atoms with E-state index in [0.717, 1.165) is 16.7 Å². The lowest BCUT2D eigenvalue weighted by molar-refractivity contribution is -0.119. The van der Waals surface area contributed by atoms with Gasteiger partial charge >= 0.3 is 0 Å². The Kier molecular flexibility index (Phi) is 7.76. The van der Waals surface area contributed by atoms with Gasteiger partial charge in [-0.25, -0.2) is 4.39 Å². The second kappa shape index (κ2) is 11.4. The molecule has 0 fully saturated rings. The average molecular weight is 559 g/mol. The van der Waals surface area contributed by atoms with Gasteiger partial charge in [0.15, 0.2) is 0 Å². The van der Waals surface area contributed by atoms with Gasteiger partial charge < -0.3 is 19.7 Å². The third kappa shape index (κ3) is 5.25. The topological polar surface area (TPSA) is 67.9 Å². The number of nitrogens with one attached hydrogen (secondary N) is 1. The fourth-order valence-corrected chi connectivity index (χ4v) is 5.30. The minimum Gasteiger partial charge on any atom is -0.497 e. The number of amides is 2. The first-order chi connectivity index (χ1) is 19.3. The van der Waals surface area contributed by atoms with Gasteiger partial charge in [-0.05, 0) is 65.6 Å². The Morgan fingerprint density at radius 1 is 0.975 bits per heavy atom. The second-order valence-electron chi connectivity index (χ2n) is 9.63. The van der Waals surface area contributed by atoms with Gasteiger partial charge in [-0.1, -0.05) is 54.1 Å². The molecule has 1 heterocycles. The van der Waals surface area contributed by atoms with Gasteiger partial charge in [0.05, 0.1) is 31.9 Å². The molecule has 0 unspecified atom stereocenters.